The number of fused-ring (bicyclic) bond motifs is 1. The Morgan fingerprint density at radius 2 is 1.94 bits per heavy atom. The topological polar surface area (TPSA) is 308 Å². The van der Waals surface area contributed by atoms with Gasteiger partial charge in [-0.3, -0.25) is 9.09 Å². The molecule has 182 valence electrons. The van der Waals surface area contributed by atoms with Crippen LogP contribution in [0.4, 0.5) is 11.8 Å². The van der Waals surface area contributed by atoms with Gasteiger partial charge in [0.25, 0.3) is 0 Å². The number of nitrogen functional groups attached to an aromatic ring is 1. The van der Waals surface area contributed by atoms with Crippen LogP contribution in [0.15, 0.2) is 11.4 Å². The van der Waals surface area contributed by atoms with Crippen LogP contribution in [0.1, 0.15) is 12.6 Å². The number of anilines is 1. The monoisotopic (exact) mass is 532 g/mol. The Morgan fingerprint density at radius 1 is 1.24 bits per heavy atom. The van der Waals surface area contributed by atoms with E-state index in [-0.39, 0.29) is 29.4 Å². The standard InChI is InChI=1S/C10H15N8O12P3/c11-8-7-9(14-3-13-8)18(10(15-7)16-17-12)6-1-4(19)5(28-6)2-27-32(23,24)30-33(25,26)29-31(20,21)22/h3-6,19H,1-2H2,(H,23,24)(H,25,26)(H2,11,13,14)(H2,20,21,22). The summed E-state index contributed by atoms with van der Waals surface area (Å²) in [7, 11) is -16.7. The first-order chi connectivity index (χ1) is 15.2. The van der Waals surface area contributed by atoms with E-state index in [1.54, 1.807) is 0 Å². The highest BCUT2D eigenvalue weighted by atomic mass is 31.3. The number of nitrogens with zero attached hydrogens (tertiary/aromatic N) is 7. The van der Waals surface area contributed by atoms with Gasteiger partial charge < -0.3 is 35.2 Å². The molecule has 0 radical (unpaired) electrons. The van der Waals surface area contributed by atoms with Crippen molar-refractivity contribution in [2.75, 3.05) is 12.3 Å². The molecule has 23 heteroatoms. The van der Waals surface area contributed by atoms with Crippen molar-refractivity contribution >= 4 is 46.4 Å². The fourth-order valence-electron chi connectivity index (χ4n) is 2.78. The molecule has 1 aliphatic heterocycles. The van der Waals surface area contributed by atoms with E-state index in [1.807, 2.05) is 0 Å². The van der Waals surface area contributed by atoms with Crippen molar-refractivity contribution in [1.82, 2.24) is 19.5 Å². The van der Waals surface area contributed by atoms with Crippen molar-refractivity contribution in [2.24, 2.45) is 5.11 Å². The average molecular weight is 532 g/mol. The SMILES string of the molecule is [N-]=[N+]=Nc1nc2c(N)ncnc2n1C1CC(O)C(COP(=O)(O)OP(=O)(O)OP(=O)(O)O)O1. The minimum Gasteiger partial charge on any atom is -0.390 e. The Balaban J connectivity index is 1.75. The maximum absolute atomic E-state index is 11.8. The minimum absolute atomic E-state index is 0.0316. The van der Waals surface area contributed by atoms with E-state index in [0.29, 0.717) is 0 Å². The van der Waals surface area contributed by atoms with Crippen molar-refractivity contribution < 1.29 is 56.3 Å². The van der Waals surface area contributed by atoms with Crippen LogP contribution in [0.2, 0.25) is 0 Å². The number of hydrogen-bond acceptors (Lipinski definition) is 13. The first-order valence-corrected chi connectivity index (χ1v) is 12.9. The second-order valence-corrected chi connectivity index (χ2v) is 10.6. The zero-order chi connectivity index (χ0) is 24.6. The van der Waals surface area contributed by atoms with Crippen LogP contribution < -0.4 is 5.73 Å². The van der Waals surface area contributed by atoms with Gasteiger partial charge in [-0.2, -0.15) is 8.62 Å². The number of aliphatic hydroxyl groups is 1. The summed E-state index contributed by atoms with van der Waals surface area (Å²) in [5, 5.41) is 13.7. The predicted octanol–water partition coefficient (Wildman–Crippen LogP) is 0.342. The lowest BCUT2D eigenvalue weighted by Crippen LogP contribution is -2.26. The second-order valence-electron chi connectivity index (χ2n) is 6.22. The van der Waals surface area contributed by atoms with Gasteiger partial charge in [0, 0.05) is 11.3 Å². The van der Waals surface area contributed by atoms with E-state index in [9.17, 15) is 23.7 Å². The van der Waals surface area contributed by atoms with Crippen molar-refractivity contribution in [3.63, 3.8) is 0 Å². The van der Waals surface area contributed by atoms with Gasteiger partial charge in [-0.05, 0) is 10.6 Å². The van der Waals surface area contributed by atoms with E-state index >= 15 is 0 Å². The number of rotatable bonds is 9. The van der Waals surface area contributed by atoms with E-state index in [0.717, 1.165) is 6.33 Å². The highest BCUT2D eigenvalue weighted by Crippen LogP contribution is 2.66. The molecule has 20 nitrogen and oxygen atoms in total. The van der Waals surface area contributed by atoms with Crippen LogP contribution in [0.5, 0.6) is 0 Å². The summed E-state index contributed by atoms with van der Waals surface area (Å²) in [6, 6.07) is 0. The molecule has 0 aliphatic carbocycles. The minimum atomic E-state index is -5.70. The Morgan fingerprint density at radius 3 is 2.58 bits per heavy atom. The highest BCUT2D eigenvalue weighted by Gasteiger charge is 2.43. The Bertz CT molecular complexity index is 1240. The highest BCUT2D eigenvalue weighted by molar-refractivity contribution is 7.66. The number of imidazole rings is 1. The van der Waals surface area contributed by atoms with Crippen molar-refractivity contribution in [3.8, 4) is 0 Å². The molecule has 0 spiro atoms. The molecular weight excluding hydrogens is 517 g/mol. The van der Waals surface area contributed by atoms with Crippen LogP contribution in [0.3, 0.4) is 0 Å². The molecule has 3 heterocycles. The zero-order valence-corrected chi connectivity index (χ0v) is 18.6. The first kappa shape index (κ1) is 25.6. The number of ether oxygens (including phenoxy) is 1. The zero-order valence-electron chi connectivity index (χ0n) is 15.9. The summed E-state index contributed by atoms with van der Waals surface area (Å²) in [6.45, 7) is -0.887. The molecule has 3 rings (SSSR count). The van der Waals surface area contributed by atoms with Gasteiger partial charge >= 0.3 is 23.5 Å². The average Bonchev–Trinajstić information content (AvgIpc) is 3.18. The maximum atomic E-state index is 11.8. The van der Waals surface area contributed by atoms with Gasteiger partial charge in [-0.15, -0.1) is 0 Å². The van der Waals surface area contributed by atoms with Crippen LogP contribution in [0.25, 0.3) is 21.6 Å². The molecule has 1 fully saturated rings. The predicted molar refractivity (Wildman–Crippen MR) is 103 cm³/mol. The number of aromatic nitrogens is 4. The third-order valence-electron chi connectivity index (χ3n) is 3.93. The van der Waals surface area contributed by atoms with E-state index in [4.69, 9.17) is 30.7 Å². The lowest BCUT2D eigenvalue weighted by atomic mass is 10.2. The molecular formula is C10H15N8O12P3. The van der Waals surface area contributed by atoms with E-state index in [1.165, 1.54) is 4.57 Å². The molecule has 0 amide bonds. The number of azide groups is 1. The number of phosphoric ester groups is 1. The van der Waals surface area contributed by atoms with Gasteiger partial charge in [-0.1, -0.05) is 0 Å². The summed E-state index contributed by atoms with van der Waals surface area (Å²) in [6.07, 6.45) is -2.80. The third-order valence-corrected chi connectivity index (χ3v) is 7.73. The summed E-state index contributed by atoms with van der Waals surface area (Å²) >= 11 is 0. The van der Waals surface area contributed by atoms with Gasteiger partial charge in [-0.25, -0.2) is 28.6 Å². The number of nitrogens with two attached hydrogens (primary N) is 1. The quantitative estimate of drug-likeness (QED) is 0.110. The molecule has 7 N–H and O–H groups in total. The van der Waals surface area contributed by atoms with E-state index in [2.05, 4.69) is 38.1 Å². The Kier molecular flexibility index (Phi) is 7.24. The lowest BCUT2D eigenvalue weighted by Gasteiger charge is -2.19. The van der Waals surface area contributed by atoms with Crippen LogP contribution in [-0.2, 0) is 31.6 Å². The van der Waals surface area contributed by atoms with Crippen molar-refractivity contribution in [3.05, 3.63) is 16.8 Å². The number of hydrogen-bond donors (Lipinski definition) is 6. The molecule has 33 heavy (non-hydrogen) atoms. The summed E-state index contributed by atoms with van der Waals surface area (Å²) < 4.78 is 52.3. The molecule has 0 bridgehead atoms. The number of phosphoric acid groups is 3. The fourth-order valence-corrected chi connectivity index (χ4v) is 5.81. The summed E-state index contributed by atoms with van der Waals surface area (Å²) in [5.41, 5.74) is 14.7. The molecule has 5 unspecified atom stereocenters. The van der Waals surface area contributed by atoms with Gasteiger partial charge in [0.15, 0.2) is 17.0 Å². The smallest absolute Gasteiger partial charge is 0.390 e. The first-order valence-electron chi connectivity index (χ1n) is 8.37. The molecule has 2 aromatic heterocycles. The third kappa shape index (κ3) is 6.32. The largest absolute Gasteiger partial charge is 0.490 e. The molecule has 2 aromatic rings. The molecule has 1 saturated heterocycles. The maximum Gasteiger partial charge on any atom is 0.490 e. The normalized spacial score (nSPS) is 24.8. The van der Waals surface area contributed by atoms with Crippen LogP contribution in [-0.4, -0.2) is 63.0 Å². The molecule has 0 saturated carbocycles. The fraction of sp³-hybridized carbons (Fsp3) is 0.500. The lowest BCUT2D eigenvalue weighted by molar-refractivity contribution is -0.0417. The molecule has 1 aliphatic rings. The van der Waals surface area contributed by atoms with Crippen LogP contribution in [0, 0.1) is 0 Å². The summed E-state index contributed by atoms with van der Waals surface area (Å²) in [5.74, 6) is -0.263. The Labute approximate surface area is 182 Å². The number of aliphatic hydroxyl groups excluding tert-OH is 1. The second kappa shape index (κ2) is 9.32. The van der Waals surface area contributed by atoms with E-state index < -0.39 is 48.5 Å². The van der Waals surface area contributed by atoms with Gasteiger partial charge in [0.05, 0.1) is 12.7 Å². The summed E-state index contributed by atoms with van der Waals surface area (Å²) in [4.78, 5) is 50.1. The molecule has 5 atom stereocenters. The van der Waals surface area contributed by atoms with Gasteiger partial charge in [0.1, 0.15) is 18.7 Å². The Hall–Kier alpha value is -2.01. The van der Waals surface area contributed by atoms with Crippen molar-refractivity contribution in [2.45, 2.75) is 24.9 Å². The van der Waals surface area contributed by atoms with Gasteiger partial charge in [0.2, 0.25) is 5.95 Å². The van der Waals surface area contributed by atoms with Crippen LogP contribution >= 0.6 is 23.5 Å². The molecule has 0 aromatic carbocycles. The van der Waals surface area contributed by atoms with Crippen molar-refractivity contribution in [1.29, 1.82) is 0 Å².